The molecule has 5 nitrogen and oxygen atoms in total. The zero-order chi connectivity index (χ0) is 14.8. The summed E-state index contributed by atoms with van der Waals surface area (Å²) >= 11 is 1.56. The highest BCUT2D eigenvalue weighted by Gasteiger charge is 2.01. The van der Waals surface area contributed by atoms with E-state index in [1.807, 2.05) is 35.9 Å². The number of rotatable bonds is 2. The molecule has 0 amide bonds. The zero-order valence-electron chi connectivity index (χ0n) is 11.3. The lowest BCUT2D eigenvalue weighted by atomic mass is 10.2. The van der Waals surface area contributed by atoms with Crippen LogP contribution in [0, 0.1) is 0 Å². The Balaban J connectivity index is 1.95. The highest BCUT2D eigenvalue weighted by atomic mass is 32.1. The SMILES string of the molecule is Cn1/c(=N\N=C\c2ccc(O)c(O)c2)sc2ccccc21. The first-order chi connectivity index (χ1) is 10.1. The van der Waals surface area contributed by atoms with Crippen molar-refractivity contribution in [2.45, 2.75) is 0 Å². The first-order valence-corrected chi connectivity index (χ1v) is 7.10. The Morgan fingerprint density at radius 1 is 1.10 bits per heavy atom. The lowest BCUT2D eigenvalue weighted by Gasteiger charge is -1.97. The number of thiazole rings is 1. The Morgan fingerprint density at radius 3 is 2.67 bits per heavy atom. The number of benzene rings is 2. The van der Waals surface area contributed by atoms with E-state index in [4.69, 9.17) is 0 Å². The number of aryl methyl sites for hydroxylation is 1. The van der Waals surface area contributed by atoms with Crippen LogP contribution in [0.15, 0.2) is 52.7 Å². The molecule has 3 rings (SSSR count). The van der Waals surface area contributed by atoms with E-state index < -0.39 is 0 Å². The summed E-state index contributed by atoms with van der Waals surface area (Å²) in [6.07, 6.45) is 1.53. The maximum atomic E-state index is 9.41. The van der Waals surface area contributed by atoms with E-state index in [1.54, 1.807) is 17.4 Å². The molecule has 0 fully saturated rings. The van der Waals surface area contributed by atoms with Crippen LogP contribution in [-0.2, 0) is 7.05 Å². The van der Waals surface area contributed by atoms with Crippen LogP contribution in [0.25, 0.3) is 10.2 Å². The van der Waals surface area contributed by atoms with Gasteiger partial charge in [-0.05, 0) is 35.9 Å². The van der Waals surface area contributed by atoms with Gasteiger partial charge in [0.2, 0.25) is 4.80 Å². The monoisotopic (exact) mass is 299 g/mol. The molecular weight excluding hydrogens is 286 g/mol. The normalized spacial score (nSPS) is 12.5. The Bertz CT molecular complexity index is 893. The summed E-state index contributed by atoms with van der Waals surface area (Å²) in [5, 5.41) is 26.9. The molecule has 0 saturated carbocycles. The zero-order valence-corrected chi connectivity index (χ0v) is 12.1. The van der Waals surface area contributed by atoms with Crippen LogP contribution in [0.1, 0.15) is 5.56 Å². The summed E-state index contributed by atoms with van der Waals surface area (Å²) in [7, 11) is 1.94. The topological polar surface area (TPSA) is 70.1 Å². The number of para-hydroxylation sites is 1. The molecule has 0 aliphatic carbocycles. The molecule has 0 bridgehead atoms. The fourth-order valence-electron chi connectivity index (χ4n) is 1.94. The summed E-state index contributed by atoms with van der Waals surface area (Å²) in [5.41, 5.74) is 1.77. The summed E-state index contributed by atoms with van der Waals surface area (Å²) in [4.78, 5) is 0.787. The Morgan fingerprint density at radius 2 is 1.90 bits per heavy atom. The lowest BCUT2D eigenvalue weighted by Crippen LogP contribution is -2.08. The number of aromatic hydroxyl groups is 2. The van der Waals surface area contributed by atoms with E-state index in [9.17, 15) is 10.2 Å². The van der Waals surface area contributed by atoms with Crippen molar-refractivity contribution in [1.29, 1.82) is 0 Å². The summed E-state index contributed by atoms with van der Waals surface area (Å²) in [6.45, 7) is 0. The van der Waals surface area contributed by atoms with Crippen molar-refractivity contribution >= 4 is 27.8 Å². The largest absolute Gasteiger partial charge is 0.504 e. The van der Waals surface area contributed by atoms with Crippen LogP contribution in [0.4, 0.5) is 0 Å². The quantitative estimate of drug-likeness (QED) is 0.434. The van der Waals surface area contributed by atoms with Crippen LogP contribution in [-0.4, -0.2) is 21.0 Å². The van der Waals surface area contributed by atoms with Crippen molar-refractivity contribution in [2.75, 3.05) is 0 Å². The van der Waals surface area contributed by atoms with Crippen molar-refractivity contribution < 1.29 is 10.2 Å². The second kappa shape index (κ2) is 5.41. The Hall–Kier alpha value is -2.60. The van der Waals surface area contributed by atoms with Crippen LogP contribution < -0.4 is 4.80 Å². The van der Waals surface area contributed by atoms with E-state index in [0.717, 1.165) is 15.0 Å². The predicted octanol–water partition coefficient (Wildman–Crippen LogP) is 2.59. The highest BCUT2D eigenvalue weighted by Crippen LogP contribution is 2.24. The number of hydrogen-bond acceptors (Lipinski definition) is 5. The standard InChI is InChI=1S/C15H13N3O2S/c1-18-11-4-2-3-5-14(11)21-15(18)17-16-9-10-6-7-12(19)13(20)8-10/h2-9,19-20H,1H3/b16-9+,17-15+. The fourth-order valence-corrected chi connectivity index (χ4v) is 2.92. The first-order valence-electron chi connectivity index (χ1n) is 6.29. The molecule has 1 aromatic heterocycles. The second-order valence-electron chi connectivity index (χ2n) is 4.50. The number of phenolic OH excluding ortho intramolecular Hbond substituents is 2. The summed E-state index contributed by atoms with van der Waals surface area (Å²) < 4.78 is 3.13. The van der Waals surface area contributed by atoms with Gasteiger partial charge in [0.15, 0.2) is 11.5 Å². The molecular formula is C15H13N3O2S. The average molecular weight is 299 g/mol. The van der Waals surface area contributed by atoms with Gasteiger partial charge in [-0.1, -0.05) is 23.5 Å². The minimum atomic E-state index is -0.175. The number of fused-ring (bicyclic) bond motifs is 1. The van der Waals surface area contributed by atoms with E-state index in [0.29, 0.717) is 5.56 Å². The second-order valence-corrected chi connectivity index (χ2v) is 5.51. The number of nitrogens with zero attached hydrogens (tertiary/aromatic N) is 3. The van der Waals surface area contributed by atoms with Crippen molar-refractivity contribution in [1.82, 2.24) is 4.57 Å². The fraction of sp³-hybridized carbons (Fsp3) is 0.0667. The Labute approximate surface area is 124 Å². The Kier molecular flexibility index (Phi) is 3.45. The molecule has 3 aromatic rings. The average Bonchev–Trinajstić information content (AvgIpc) is 2.80. The number of phenols is 2. The molecule has 2 aromatic carbocycles. The van der Waals surface area contributed by atoms with E-state index in [1.165, 1.54) is 18.3 Å². The predicted molar refractivity (Wildman–Crippen MR) is 83.7 cm³/mol. The smallest absolute Gasteiger partial charge is 0.211 e. The van der Waals surface area contributed by atoms with Crippen molar-refractivity contribution in [2.24, 2.45) is 17.3 Å². The number of hydrogen-bond donors (Lipinski definition) is 2. The van der Waals surface area contributed by atoms with Crippen molar-refractivity contribution in [3.05, 3.63) is 52.8 Å². The van der Waals surface area contributed by atoms with Gasteiger partial charge in [-0.25, -0.2) is 0 Å². The maximum Gasteiger partial charge on any atom is 0.211 e. The van der Waals surface area contributed by atoms with Crippen molar-refractivity contribution in [3.8, 4) is 11.5 Å². The van der Waals surface area contributed by atoms with Gasteiger partial charge >= 0.3 is 0 Å². The molecule has 0 unspecified atom stereocenters. The van der Waals surface area contributed by atoms with E-state index >= 15 is 0 Å². The molecule has 2 N–H and O–H groups in total. The van der Waals surface area contributed by atoms with Gasteiger partial charge in [0.05, 0.1) is 16.4 Å². The first kappa shape index (κ1) is 13.4. The molecule has 21 heavy (non-hydrogen) atoms. The molecule has 0 radical (unpaired) electrons. The van der Waals surface area contributed by atoms with Crippen LogP contribution in [0.3, 0.4) is 0 Å². The third-order valence-corrected chi connectivity index (χ3v) is 4.17. The van der Waals surface area contributed by atoms with Crippen LogP contribution >= 0.6 is 11.3 Å². The minimum Gasteiger partial charge on any atom is -0.504 e. The van der Waals surface area contributed by atoms with Gasteiger partial charge in [-0.15, -0.1) is 5.10 Å². The number of aromatic nitrogens is 1. The van der Waals surface area contributed by atoms with Gasteiger partial charge in [-0.2, -0.15) is 5.10 Å². The third kappa shape index (κ3) is 2.66. The summed E-state index contributed by atoms with van der Waals surface area (Å²) in [6, 6.07) is 12.5. The molecule has 0 saturated heterocycles. The van der Waals surface area contributed by atoms with Crippen LogP contribution in [0.5, 0.6) is 11.5 Å². The van der Waals surface area contributed by atoms with Crippen molar-refractivity contribution in [3.63, 3.8) is 0 Å². The molecule has 106 valence electrons. The lowest BCUT2D eigenvalue weighted by molar-refractivity contribution is 0.403. The molecule has 0 atom stereocenters. The van der Waals surface area contributed by atoms with Gasteiger partial charge < -0.3 is 14.8 Å². The molecule has 1 heterocycles. The van der Waals surface area contributed by atoms with Gasteiger partial charge in [0.25, 0.3) is 0 Å². The van der Waals surface area contributed by atoms with Gasteiger partial charge in [0, 0.05) is 7.05 Å². The molecule has 0 aliphatic heterocycles. The summed E-state index contributed by atoms with van der Waals surface area (Å²) in [5.74, 6) is -0.327. The molecule has 0 aliphatic rings. The minimum absolute atomic E-state index is 0.153. The molecule has 6 heteroatoms. The third-order valence-electron chi connectivity index (χ3n) is 3.06. The molecule has 0 spiro atoms. The maximum absolute atomic E-state index is 9.41. The van der Waals surface area contributed by atoms with E-state index in [-0.39, 0.29) is 11.5 Å². The highest BCUT2D eigenvalue weighted by molar-refractivity contribution is 7.16. The van der Waals surface area contributed by atoms with Gasteiger partial charge in [-0.3, -0.25) is 0 Å². The van der Waals surface area contributed by atoms with Gasteiger partial charge in [0.1, 0.15) is 0 Å². The van der Waals surface area contributed by atoms with E-state index in [2.05, 4.69) is 10.2 Å². The van der Waals surface area contributed by atoms with Crippen LogP contribution in [0.2, 0.25) is 0 Å².